The van der Waals surface area contributed by atoms with Crippen LogP contribution in [-0.4, -0.2) is 22.8 Å². The van der Waals surface area contributed by atoms with Gasteiger partial charge in [-0.05, 0) is 19.4 Å². The molecule has 5 nitrogen and oxygen atoms in total. The highest BCUT2D eigenvalue weighted by Crippen LogP contribution is 2.30. The Morgan fingerprint density at radius 1 is 1.48 bits per heavy atom. The van der Waals surface area contributed by atoms with Crippen LogP contribution in [0.25, 0.3) is 10.9 Å². The van der Waals surface area contributed by atoms with Crippen molar-refractivity contribution < 1.29 is 19.0 Å². The van der Waals surface area contributed by atoms with Crippen LogP contribution in [-0.2, 0) is 6.54 Å². The molecule has 1 aromatic carbocycles. The van der Waals surface area contributed by atoms with Gasteiger partial charge in [-0.25, -0.2) is 9.18 Å². The standard InChI is InChI=1S/C15H16FNO4/c1-4-5-17-7-10(15(19)20)13(18)9-6-11(16)8(2)14(21-3)12(9)17/h6-7H,4-5H2,1-3H3,(H,19,20). The molecule has 0 aliphatic heterocycles. The van der Waals surface area contributed by atoms with Crippen molar-refractivity contribution in [3.8, 4) is 5.75 Å². The number of carboxylic acid groups (broad SMARTS) is 1. The molecule has 2 rings (SSSR count). The van der Waals surface area contributed by atoms with Crippen LogP contribution in [0.3, 0.4) is 0 Å². The molecule has 0 saturated heterocycles. The number of fused-ring (bicyclic) bond motifs is 1. The van der Waals surface area contributed by atoms with Gasteiger partial charge in [0.1, 0.15) is 17.1 Å². The first-order chi connectivity index (χ1) is 9.92. The van der Waals surface area contributed by atoms with E-state index in [1.165, 1.54) is 13.3 Å². The molecule has 0 saturated carbocycles. The number of rotatable bonds is 4. The van der Waals surface area contributed by atoms with Gasteiger partial charge in [-0.2, -0.15) is 0 Å². The van der Waals surface area contributed by atoms with E-state index in [1.807, 2.05) is 6.92 Å². The molecule has 0 spiro atoms. The van der Waals surface area contributed by atoms with Crippen LogP contribution in [0.2, 0.25) is 0 Å². The van der Waals surface area contributed by atoms with Gasteiger partial charge in [0.2, 0.25) is 5.43 Å². The Hall–Kier alpha value is -2.37. The van der Waals surface area contributed by atoms with Crippen LogP contribution < -0.4 is 10.2 Å². The topological polar surface area (TPSA) is 68.5 Å². The average Bonchev–Trinajstić information content (AvgIpc) is 2.43. The fraction of sp³-hybridized carbons (Fsp3) is 0.333. The normalized spacial score (nSPS) is 10.9. The Morgan fingerprint density at radius 3 is 2.67 bits per heavy atom. The molecule has 0 fully saturated rings. The first kappa shape index (κ1) is 15.0. The first-order valence-corrected chi connectivity index (χ1v) is 6.55. The van der Waals surface area contributed by atoms with Crippen LogP contribution in [0.15, 0.2) is 17.1 Å². The number of hydrogen-bond acceptors (Lipinski definition) is 3. The molecular weight excluding hydrogens is 277 g/mol. The summed E-state index contributed by atoms with van der Waals surface area (Å²) in [7, 11) is 1.40. The van der Waals surface area contributed by atoms with Gasteiger partial charge in [0.15, 0.2) is 0 Å². The highest BCUT2D eigenvalue weighted by atomic mass is 19.1. The van der Waals surface area contributed by atoms with Crippen LogP contribution >= 0.6 is 0 Å². The summed E-state index contributed by atoms with van der Waals surface area (Å²) >= 11 is 0. The summed E-state index contributed by atoms with van der Waals surface area (Å²) in [5.41, 5.74) is -0.367. The number of benzene rings is 1. The Morgan fingerprint density at radius 2 is 2.14 bits per heavy atom. The third kappa shape index (κ3) is 2.37. The lowest BCUT2D eigenvalue weighted by molar-refractivity contribution is 0.0694. The molecule has 0 bridgehead atoms. The summed E-state index contributed by atoms with van der Waals surface area (Å²) in [4.78, 5) is 23.4. The number of pyridine rings is 1. The molecule has 21 heavy (non-hydrogen) atoms. The number of aromatic carboxylic acids is 1. The maximum Gasteiger partial charge on any atom is 0.341 e. The van der Waals surface area contributed by atoms with Crippen molar-refractivity contribution in [2.75, 3.05) is 7.11 Å². The molecule has 0 atom stereocenters. The van der Waals surface area contributed by atoms with Crippen LogP contribution in [0.1, 0.15) is 29.3 Å². The second kappa shape index (κ2) is 5.55. The molecule has 0 aliphatic carbocycles. The molecule has 0 unspecified atom stereocenters. The van der Waals surface area contributed by atoms with E-state index in [0.29, 0.717) is 12.1 Å². The van der Waals surface area contributed by atoms with Crippen molar-refractivity contribution in [1.29, 1.82) is 0 Å². The predicted octanol–water partition coefficient (Wildman–Crippen LogP) is 2.57. The molecule has 6 heteroatoms. The lowest BCUT2D eigenvalue weighted by Crippen LogP contribution is -2.20. The van der Waals surface area contributed by atoms with E-state index in [4.69, 9.17) is 9.84 Å². The number of halogens is 1. The van der Waals surface area contributed by atoms with Crippen molar-refractivity contribution in [3.63, 3.8) is 0 Å². The number of hydrogen-bond donors (Lipinski definition) is 1. The van der Waals surface area contributed by atoms with Gasteiger partial charge >= 0.3 is 5.97 Å². The molecule has 0 radical (unpaired) electrons. The summed E-state index contributed by atoms with van der Waals surface area (Å²) in [6.07, 6.45) is 2.02. The number of ether oxygens (including phenoxy) is 1. The average molecular weight is 293 g/mol. The predicted molar refractivity (Wildman–Crippen MR) is 76.7 cm³/mol. The molecule has 1 heterocycles. The summed E-state index contributed by atoms with van der Waals surface area (Å²) < 4.78 is 20.8. The monoisotopic (exact) mass is 293 g/mol. The Balaban J connectivity index is 3.04. The van der Waals surface area contributed by atoms with Gasteiger partial charge < -0.3 is 14.4 Å². The molecule has 2 aromatic rings. The number of aryl methyl sites for hydroxylation is 1. The third-order valence-electron chi connectivity index (χ3n) is 3.40. The maximum absolute atomic E-state index is 14.0. The van der Waals surface area contributed by atoms with E-state index in [1.54, 1.807) is 11.5 Å². The second-order valence-electron chi connectivity index (χ2n) is 4.78. The number of carbonyl (C=O) groups is 1. The molecule has 1 N–H and O–H groups in total. The van der Waals surface area contributed by atoms with Crippen molar-refractivity contribution in [2.45, 2.75) is 26.8 Å². The Bertz CT molecular complexity index is 780. The van der Waals surface area contributed by atoms with Gasteiger partial charge in [0.25, 0.3) is 0 Å². The quantitative estimate of drug-likeness (QED) is 0.940. The summed E-state index contributed by atoms with van der Waals surface area (Å²) in [6, 6.07) is 1.08. The SMILES string of the molecule is CCCn1cc(C(=O)O)c(=O)c2cc(F)c(C)c(OC)c21. The van der Waals surface area contributed by atoms with Crippen LogP contribution in [0.4, 0.5) is 4.39 Å². The number of nitrogens with zero attached hydrogens (tertiary/aromatic N) is 1. The highest BCUT2D eigenvalue weighted by Gasteiger charge is 2.20. The summed E-state index contributed by atoms with van der Waals surface area (Å²) in [5, 5.41) is 9.15. The van der Waals surface area contributed by atoms with Gasteiger partial charge in [-0.1, -0.05) is 6.92 Å². The van der Waals surface area contributed by atoms with E-state index >= 15 is 0 Å². The highest BCUT2D eigenvalue weighted by molar-refractivity contribution is 5.94. The zero-order chi connectivity index (χ0) is 15.7. The second-order valence-corrected chi connectivity index (χ2v) is 4.78. The van der Waals surface area contributed by atoms with E-state index in [9.17, 15) is 14.0 Å². The summed E-state index contributed by atoms with van der Waals surface area (Å²) in [5.74, 6) is -1.67. The molecule has 112 valence electrons. The van der Waals surface area contributed by atoms with Crippen molar-refractivity contribution >= 4 is 16.9 Å². The van der Waals surface area contributed by atoms with E-state index < -0.39 is 17.2 Å². The Kier molecular flexibility index (Phi) is 3.97. The Labute approximate surface area is 120 Å². The zero-order valence-electron chi connectivity index (χ0n) is 12.1. The number of carboxylic acids is 1. The van der Waals surface area contributed by atoms with E-state index in [2.05, 4.69) is 0 Å². The van der Waals surface area contributed by atoms with Crippen molar-refractivity contribution in [3.05, 3.63) is 39.4 Å². The van der Waals surface area contributed by atoms with Crippen LogP contribution in [0.5, 0.6) is 5.75 Å². The van der Waals surface area contributed by atoms with Gasteiger partial charge in [0, 0.05) is 18.3 Å². The third-order valence-corrected chi connectivity index (χ3v) is 3.40. The van der Waals surface area contributed by atoms with Gasteiger partial charge in [-0.3, -0.25) is 4.79 Å². The fourth-order valence-corrected chi connectivity index (χ4v) is 2.41. The van der Waals surface area contributed by atoms with Gasteiger partial charge in [0.05, 0.1) is 18.0 Å². The molecular formula is C15H16FNO4. The largest absolute Gasteiger partial charge is 0.494 e. The minimum Gasteiger partial charge on any atom is -0.494 e. The maximum atomic E-state index is 14.0. The summed E-state index contributed by atoms with van der Waals surface area (Å²) in [6.45, 7) is 3.98. The molecule has 0 aliphatic rings. The van der Waals surface area contributed by atoms with Crippen LogP contribution in [0, 0.1) is 12.7 Å². The number of aromatic nitrogens is 1. The minimum atomic E-state index is -1.33. The fourth-order valence-electron chi connectivity index (χ4n) is 2.41. The smallest absolute Gasteiger partial charge is 0.341 e. The number of methoxy groups -OCH3 is 1. The minimum absolute atomic E-state index is 0.0169. The van der Waals surface area contributed by atoms with E-state index in [-0.39, 0.29) is 22.3 Å². The first-order valence-electron chi connectivity index (χ1n) is 6.55. The zero-order valence-corrected chi connectivity index (χ0v) is 12.1. The van der Waals surface area contributed by atoms with Crippen molar-refractivity contribution in [2.24, 2.45) is 0 Å². The van der Waals surface area contributed by atoms with E-state index in [0.717, 1.165) is 12.5 Å². The van der Waals surface area contributed by atoms with Crippen molar-refractivity contribution in [1.82, 2.24) is 4.57 Å². The lowest BCUT2D eigenvalue weighted by atomic mass is 10.1. The van der Waals surface area contributed by atoms with Gasteiger partial charge in [-0.15, -0.1) is 0 Å². The molecule has 1 aromatic heterocycles. The molecule has 0 amide bonds. The lowest BCUT2D eigenvalue weighted by Gasteiger charge is -2.16.